The first-order valence-corrected chi connectivity index (χ1v) is 8.54. The molecule has 2 rings (SSSR count). The second-order valence-electron chi connectivity index (χ2n) is 6.71. The van der Waals surface area contributed by atoms with Gasteiger partial charge < -0.3 is 19.6 Å². The number of carbonyl (C=O) groups excluding carboxylic acids is 2. The first-order chi connectivity index (χ1) is 11.1. The summed E-state index contributed by atoms with van der Waals surface area (Å²) in [5.41, 5.74) is 0.167. The maximum atomic E-state index is 12.6. The standard InChI is InChI=1S/C16H22N2O5S/c1-10-5-8-24-12(10)13(19)18-7-6-17(9-11(18)14(20)21)15(22)23-16(2,3)4/h5,8,11H,6-7,9H2,1-4H3,(H,20,21). The molecule has 1 N–H and O–H groups in total. The lowest BCUT2D eigenvalue weighted by atomic mass is 10.1. The summed E-state index contributed by atoms with van der Waals surface area (Å²) < 4.78 is 5.29. The molecule has 0 saturated carbocycles. The number of piperazine rings is 1. The highest BCUT2D eigenvalue weighted by molar-refractivity contribution is 7.12. The minimum atomic E-state index is -1.13. The number of carboxylic acid groups (broad SMARTS) is 1. The maximum Gasteiger partial charge on any atom is 0.410 e. The van der Waals surface area contributed by atoms with E-state index in [9.17, 15) is 19.5 Å². The quantitative estimate of drug-likeness (QED) is 0.880. The van der Waals surface area contributed by atoms with E-state index in [1.165, 1.54) is 21.1 Å². The number of ether oxygens (including phenoxy) is 1. The van der Waals surface area contributed by atoms with Gasteiger partial charge in [-0.2, -0.15) is 0 Å². The first-order valence-electron chi connectivity index (χ1n) is 7.66. The molecule has 1 atom stereocenters. The largest absolute Gasteiger partial charge is 0.480 e. The molecule has 24 heavy (non-hydrogen) atoms. The van der Waals surface area contributed by atoms with Gasteiger partial charge in [0, 0.05) is 13.1 Å². The minimum absolute atomic E-state index is 0.0829. The van der Waals surface area contributed by atoms with Gasteiger partial charge in [0.1, 0.15) is 11.6 Å². The van der Waals surface area contributed by atoms with Crippen LogP contribution in [0.15, 0.2) is 11.4 Å². The van der Waals surface area contributed by atoms with Crippen molar-refractivity contribution in [2.24, 2.45) is 0 Å². The summed E-state index contributed by atoms with van der Waals surface area (Å²) in [5.74, 6) is -1.44. The molecule has 132 valence electrons. The van der Waals surface area contributed by atoms with Crippen molar-refractivity contribution in [3.05, 3.63) is 21.9 Å². The third-order valence-corrected chi connectivity index (χ3v) is 4.64. The zero-order chi connectivity index (χ0) is 18.1. The number of carboxylic acids is 1. The van der Waals surface area contributed by atoms with Crippen LogP contribution in [0.1, 0.15) is 36.0 Å². The lowest BCUT2D eigenvalue weighted by molar-refractivity contribution is -0.144. The fourth-order valence-electron chi connectivity index (χ4n) is 2.45. The van der Waals surface area contributed by atoms with Gasteiger partial charge in [-0.15, -0.1) is 11.3 Å². The van der Waals surface area contributed by atoms with Crippen molar-refractivity contribution in [2.45, 2.75) is 39.3 Å². The number of thiophene rings is 1. The van der Waals surface area contributed by atoms with E-state index in [4.69, 9.17) is 4.74 Å². The van der Waals surface area contributed by atoms with Crippen molar-refractivity contribution in [2.75, 3.05) is 19.6 Å². The van der Waals surface area contributed by atoms with Gasteiger partial charge in [-0.3, -0.25) is 4.79 Å². The number of aryl methyl sites for hydroxylation is 1. The van der Waals surface area contributed by atoms with Crippen molar-refractivity contribution in [1.29, 1.82) is 0 Å². The Balaban J connectivity index is 2.14. The molecule has 7 nitrogen and oxygen atoms in total. The number of hydrogen-bond acceptors (Lipinski definition) is 5. The monoisotopic (exact) mass is 354 g/mol. The summed E-state index contributed by atoms with van der Waals surface area (Å²) in [5, 5.41) is 11.3. The summed E-state index contributed by atoms with van der Waals surface area (Å²) >= 11 is 1.29. The molecule has 2 amide bonds. The number of aliphatic carboxylic acids is 1. The Kier molecular flexibility index (Phi) is 5.17. The van der Waals surface area contributed by atoms with Crippen LogP contribution in [0.3, 0.4) is 0 Å². The smallest absolute Gasteiger partial charge is 0.410 e. The Hall–Kier alpha value is -2.09. The fourth-order valence-corrected chi connectivity index (χ4v) is 3.33. The van der Waals surface area contributed by atoms with E-state index < -0.39 is 23.7 Å². The number of nitrogens with zero attached hydrogens (tertiary/aromatic N) is 2. The highest BCUT2D eigenvalue weighted by Crippen LogP contribution is 2.22. The Morgan fingerprint density at radius 2 is 1.96 bits per heavy atom. The van der Waals surface area contributed by atoms with Crippen LogP contribution in [0.2, 0.25) is 0 Å². The van der Waals surface area contributed by atoms with E-state index in [1.807, 2.05) is 13.0 Å². The normalized spacial score (nSPS) is 18.4. The molecule has 1 aromatic rings. The molecular formula is C16H22N2O5S. The van der Waals surface area contributed by atoms with Crippen LogP contribution in [0.5, 0.6) is 0 Å². The number of amides is 2. The molecule has 1 aliphatic heterocycles. The lowest BCUT2D eigenvalue weighted by Gasteiger charge is -2.39. The Morgan fingerprint density at radius 3 is 2.46 bits per heavy atom. The van der Waals surface area contributed by atoms with Gasteiger partial charge in [0.05, 0.1) is 11.4 Å². The molecule has 8 heteroatoms. The minimum Gasteiger partial charge on any atom is -0.480 e. The van der Waals surface area contributed by atoms with Crippen LogP contribution in [0.4, 0.5) is 4.79 Å². The van der Waals surface area contributed by atoms with Crippen LogP contribution < -0.4 is 0 Å². The summed E-state index contributed by atoms with van der Waals surface area (Å²) in [4.78, 5) is 39.6. The van der Waals surface area contributed by atoms with E-state index in [2.05, 4.69) is 0 Å². The van der Waals surface area contributed by atoms with Gasteiger partial charge in [-0.05, 0) is 44.7 Å². The zero-order valence-corrected chi connectivity index (χ0v) is 15.1. The second kappa shape index (κ2) is 6.80. The zero-order valence-electron chi connectivity index (χ0n) is 14.2. The van der Waals surface area contributed by atoms with Crippen LogP contribution in [0, 0.1) is 6.92 Å². The lowest BCUT2D eigenvalue weighted by Crippen LogP contribution is -2.59. The third-order valence-electron chi connectivity index (χ3n) is 3.63. The summed E-state index contributed by atoms with van der Waals surface area (Å²) in [6, 6.07) is 0.741. The van der Waals surface area contributed by atoms with Crippen molar-refractivity contribution >= 4 is 29.3 Å². The van der Waals surface area contributed by atoms with E-state index in [1.54, 1.807) is 26.2 Å². The highest BCUT2D eigenvalue weighted by Gasteiger charge is 2.39. The van der Waals surface area contributed by atoms with E-state index in [-0.39, 0.29) is 25.5 Å². The van der Waals surface area contributed by atoms with Crippen molar-refractivity contribution < 1.29 is 24.2 Å². The van der Waals surface area contributed by atoms with E-state index >= 15 is 0 Å². The van der Waals surface area contributed by atoms with Gasteiger partial charge >= 0.3 is 12.1 Å². The van der Waals surface area contributed by atoms with Crippen molar-refractivity contribution in [3.63, 3.8) is 0 Å². The highest BCUT2D eigenvalue weighted by atomic mass is 32.1. The van der Waals surface area contributed by atoms with Crippen molar-refractivity contribution in [1.82, 2.24) is 9.80 Å². The molecule has 0 aliphatic carbocycles. The van der Waals surface area contributed by atoms with Gasteiger partial charge in [-0.1, -0.05) is 0 Å². The molecule has 1 saturated heterocycles. The molecule has 0 aromatic carbocycles. The molecule has 0 spiro atoms. The van der Waals surface area contributed by atoms with Crippen LogP contribution in [-0.4, -0.2) is 64.2 Å². The number of carbonyl (C=O) groups is 3. The molecule has 1 aliphatic rings. The van der Waals surface area contributed by atoms with Gasteiger partial charge in [0.15, 0.2) is 0 Å². The molecule has 1 fully saturated rings. The summed E-state index contributed by atoms with van der Waals surface area (Å²) in [6.45, 7) is 7.38. The summed E-state index contributed by atoms with van der Waals surface area (Å²) in [7, 11) is 0. The van der Waals surface area contributed by atoms with Gasteiger partial charge in [-0.25, -0.2) is 9.59 Å². The van der Waals surface area contributed by atoms with E-state index in [0.717, 1.165) is 5.56 Å². The number of hydrogen-bond donors (Lipinski definition) is 1. The third kappa shape index (κ3) is 4.05. The first kappa shape index (κ1) is 18.3. The van der Waals surface area contributed by atoms with Gasteiger partial charge in [0.2, 0.25) is 0 Å². The summed E-state index contributed by atoms with van der Waals surface area (Å²) in [6.07, 6.45) is -0.562. The molecule has 1 aromatic heterocycles. The average molecular weight is 354 g/mol. The van der Waals surface area contributed by atoms with E-state index in [0.29, 0.717) is 4.88 Å². The predicted molar refractivity (Wildman–Crippen MR) is 89.3 cm³/mol. The van der Waals surface area contributed by atoms with Gasteiger partial charge in [0.25, 0.3) is 5.91 Å². The second-order valence-corrected chi connectivity index (χ2v) is 7.63. The van der Waals surface area contributed by atoms with Crippen LogP contribution in [0.25, 0.3) is 0 Å². The fraction of sp³-hybridized carbons (Fsp3) is 0.562. The SMILES string of the molecule is Cc1ccsc1C(=O)N1CCN(C(=O)OC(C)(C)C)CC1C(=O)O. The molecule has 2 heterocycles. The Morgan fingerprint density at radius 1 is 1.29 bits per heavy atom. The predicted octanol–water partition coefficient (Wildman–Crippen LogP) is 2.20. The van der Waals surface area contributed by atoms with Crippen LogP contribution >= 0.6 is 11.3 Å². The van der Waals surface area contributed by atoms with Crippen LogP contribution in [-0.2, 0) is 9.53 Å². The molecule has 0 radical (unpaired) electrons. The Bertz CT molecular complexity index is 649. The average Bonchev–Trinajstić information content (AvgIpc) is 2.90. The molecular weight excluding hydrogens is 332 g/mol. The maximum absolute atomic E-state index is 12.6. The van der Waals surface area contributed by atoms with Crippen molar-refractivity contribution in [3.8, 4) is 0 Å². The Labute approximate surface area is 144 Å². The topological polar surface area (TPSA) is 87.2 Å². The molecule has 1 unspecified atom stereocenters. The number of rotatable bonds is 2. The molecule has 0 bridgehead atoms.